The number of methoxy groups -OCH3 is 1. The van der Waals surface area contributed by atoms with Crippen molar-refractivity contribution < 1.29 is 4.74 Å². The van der Waals surface area contributed by atoms with E-state index in [4.69, 9.17) is 4.74 Å². The molecular formula is C14H26N2O. The third-order valence-electron chi connectivity index (χ3n) is 5.16. The second-order valence-electron chi connectivity index (χ2n) is 6.54. The molecule has 3 aliphatic heterocycles. The second-order valence-corrected chi connectivity index (χ2v) is 6.54. The molecule has 0 saturated carbocycles. The van der Waals surface area contributed by atoms with Crippen LogP contribution in [0.2, 0.25) is 0 Å². The highest BCUT2D eigenvalue weighted by molar-refractivity contribution is 4.99. The second kappa shape index (κ2) is 4.52. The number of hydrogen-bond acceptors (Lipinski definition) is 3. The van der Waals surface area contributed by atoms with E-state index in [9.17, 15) is 0 Å². The highest BCUT2D eigenvalue weighted by Gasteiger charge is 2.40. The van der Waals surface area contributed by atoms with Crippen LogP contribution in [0.3, 0.4) is 0 Å². The minimum atomic E-state index is 0.100. The van der Waals surface area contributed by atoms with Crippen molar-refractivity contribution in [1.82, 2.24) is 10.2 Å². The van der Waals surface area contributed by atoms with Crippen LogP contribution in [0.5, 0.6) is 0 Å². The molecule has 0 aromatic rings. The van der Waals surface area contributed by atoms with E-state index in [1.807, 2.05) is 7.11 Å². The summed E-state index contributed by atoms with van der Waals surface area (Å²) in [4.78, 5) is 2.64. The number of piperidine rings is 1. The molecule has 17 heavy (non-hydrogen) atoms. The van der Waals surface area contributed by atoms with Gasteiger partial charge in [-0.1, -0.05) is 0 Å². The van der Waals surface area contributed by atoms with Gasteiger partial charge in [0.05, 0.1) is 5.60 Å². The van der Waals surface area contributed by atoms with Gasteiger partial charge in [0.15, 0.2) is 0 Å². The SMILES string of the molecule is COC1(C)CCCN(CC2CC3CCC2N3)C1. The van der Waals surface area contributed by atoms with E-state index in [1.54, 1.807) is 0 Å². The average Bonchev–Trinajstić information content (AvgIpc) is 2.91. The van der Waals surface area contributed by atoms with Crippen LogP contribution in [0, 0.1) is 5.92 Å². The molecule has 4 unspecified atom stereocenters. The Morgan fingerprint density at radius 1 is 1.41 bits per heavy atom. The van der Waals surface area contributed by atoms with Crippen LogP contribution in [-0.2, 0) is 4.74 Å². The molecule has 3 fully saturated rings. The van der Waals surface area contributed by atoms with Crippen LogP contribution in [0.4, 0.5) is 0 Å². The number of nitrogens with one attached hydrogen (secondary N) is 1. The van der Waals surface area contributed by atoms with E-state index >= 15 is 0 Å². The van der Waals surface area contributed by atoms with E-state index in [-0.39, 0.29) is 5.60 Å². The summed E-state index contributed by atoms with van der Waals surface area (Å²) < 4.78 is 5.68. The molecule has 1 N–H and O–H groups in total. The number of hydrogen-bond donors (Lipinski definition) is 1. The summed E-state index contributed by atoms with van der Waals surface area (Å²) in [5, 5.41) is 3.74. The molecule has 0 radical (unpaired) electrons. The molecule has 3 aliphatic rings. The molecule has 98 valence electrons. The van der Waals surface area contributed by atoms with E-state index < -0.39 is 0 Å². The first-order valence-corrected chi connectivity index (χ1v) is 7.22. The van der Waals surface area contributed by atoms with Gasteiger partial charge in [-0.05, 0) is 51.5 Å². The van der Waals surface area contributed by atoms with E-state index in [0.717, 1.165) is 24.5 Å². The van der Waals surface area contributed by atoms with Crippen molar-refractivity contribution in [2.45, 2.75) is 56.7 Å². The van der Waals surface area contributed by atoms with Gasteiger partial charge >= 0.3 is 0 Å². The summed E-state index contributed by atoms with van der Waals surface area (Å²) in [7, 11) is 1.86. The highest BCUT2D eigenvalue weighted by Crippen LogP contribution is 2.34. The number of likely N-dealkylation sites (tertiary alicyclic amines) is 1. The van der Waals surface area contributed by atoms with Crippen LogP contribution in [0.15, 0.2) is 0 Å². The van der Waals surface area contributed by atoms with E-state index in [1.165, 1.54) is 45.2 Å². The Balaban J connectivity index is 1.55. The predicted molar refractivity (Wildman–Crippen MR) is 69.1 cm³/mol. The standard InChI is InChI=1S/C14H26N2O/c1-14(17-2)6-3-7-16(10-14)9-11-8-12-4-5-13(11)15-12/h11-13,15H,3-10H2,1-2H3. The maximum absolute atomic E-state index is 5.68. The number of fused-ring (bicyclic) bond motifs is 2. The third kappa shape index (κ3) is 2.38. The zero-order chi connectivity index (χ0) is 11.9. The smallest absolute Gasteiger partial charge is 0.0777 e. The maximum Gasteiger partial charge on any atom is 0.0777 e. The molecule has 0 amide bonds. The number of ether oxygens (including phenoxy) is 1. The monoisotopic (exact) mass is 238 g/mol. The highest BCUT2D eigenvalue weighted by atomic mass is 16.5. The fourth-order valence-corrected chi connectivity index (χ4v) is 4.10. The Morgan fingerprint density at radius 2 is 2.29 bits per heavy atom. The van der Waals surface area contributed by atoms with Crippen molar-refractivity contribution in [3.63, 3.8) is 0 Å². The lowest BCUT2D eigenvalue weighted by Crippen LogP contribution is -2.49. The van der Waals surface area contributed by atoms with Gasteiger partial charge in [-0.3, -0.25) is 0 Å². The molecule has 0 aromatic heterocycles. The lowest BCUT2D eigenvalue weighted by atomic mass is 9.87. The first-order chi connectivity index (χ1) is 8.18. The van der Waals surface area contributed by atoms with Gasteiger partial charge in [0, 0.05) is 32.3 Å². The van der Waals surface area contributed by atoms with Crippen LogP contribution < -0.4 is 5.32 Å². The lowest BCUT2D eigenvalue weighted by molar-refractivity contribution is -0.0542. The quantitative estimate of drug-likeness (QED) is 0.809. The van der Waals surface area contributed by atoms with Gasteiger partial charge in [0.1, 0.15) is 0 Å². The zero-order valence-corrected chi connectivity index (χ0v) is 11.2. The molecule has 2 bridgehead atoms. The van der Waals surface area contributed by atoms with Gasteiger partial charge in [0.25, 0.3) is 0 Å². The minimum absolute atomic E-state index is 0.100. The molecule has 3 rings (SSSR count). The summed E-state index contributed by atoms with van der Waals surface area (Å²) >= 11 is 0. The molecule has 3 saturated heterocycles. The van der Waals surface area contributed by atoms with Crippen molar-refractivity contribution in [2.24, 2.45) is 5.92 Å². The first kappa shape index (κ1) is 11.9. The van der Waals surface area contributed by atoms with Crippen molar-refractivity contribution in [3.05, 3.63) is 0 Å². The molecule has 0 aromatic carbocycles. The third-order valence-corrected chi connectivity index (χ3v) is 5.16. The Labute approximate surface area is 105 Å². The first-order valence-electron chi connectivity index (χ1n) is 7.22. The minimum Gasteiger partial charge on any atom is -0.377 e. The van der Waals surface area contributed by atoms with Crippen molar-refractivity contribution in [2.75, 3.05) is 26.7 Å². The van der Waals surface area contributed by atoms with Gasteiger partial charge in [0.2, 0.25) is 0 Å². The molecule has 3 heteroatoms. The lowest BCUT2D eigenvalue weighted by Gasteiger charge is -2.41. The van der Waals surface area contributed by atoms with Crippen molar-refractivity contribution in [3.8, 4) is 0 Å². The average molecular weight is 238 g/mol. The van der Waals surface area contributed by atoms with Crippen LogP contribution in [0.1, 0.15) is 39.0 Å². The molecule has 0 spiro atoms. The Morgan fingerprint density at radius 3 is 2.94 bits per heavy atom. The van der Waals surface area contributed by atoms with Gasteiger partial charge < -0.3 is 15.0 Å². The van der Waals surface area contributed by atoms with Crippen LogP contribution >= 0.6 is 0 Å². The fourth-order valence-electron chi connectivity index (χ4n) is 4.10. The summed E-state index contributed by atoms with van der Waals surface area (Å²) in [5.41, 5.74) is 0.100. The largest absolute Gasteiger partial charge is 0.377 e. The zero-order valence-electron chi connectivity index (χ0n) is 11.2. The Kier molecular flexibility index (Phi) is 3.18. The predicted octanol–water partition coefficient (Wildman–Crippen LogP) is 1.63. The number of rotatable bonds is 3. The Bertz CT molecular complexity index is 283. The molecule has 4 atom stereocenters. The van der Waals surface area contributed by atoms with Crippen LogP contribution in [0.25, 0.3) is 0 Å². The normalized spacial score (nSPS) is 46.6. The van der Waals surface area contributed by atoms with E-state index in [0.29, 0.717) is 0 Å². The summed E-state index contributed by atoms with van der Waals surface area (Å²) in [6.45, 7) is 5.94. The molecule has 3 heterocycles. The van der Waals surface area contributed by atoms with Gasteiger partial charge in [-0.25, -0.2) is 0 Å². The fraction of sp³-hybridized carbons (Fsp3) is 1.00. The van der Waals surface area contributed by atoms with Crippen molar-refractivity contribution >= 4 is 0 Å². The molecular weight excluding hydrogens is 212 g/mol. The van der Waals surface area contributed by atoms with Crippen LogP contribution in [-0.4, -0.2) is 49.3 Å². The summed E-state index contributed by atoms with van der Waals surface area (Å²) in [6.07, 6.45) is 6.74. The molecule has 0 aliphatic carbocycles. The van der Waals surface area contributed by atoms with Crippen molar-refractivity contribution in [1.29, 1.82) is 0 Å². The van der Waals surface area contributed by atoms with Gasteiger partial charge in [-0.15, -0.1) is 0 Å². The molecule has 3 nitrogen and oxygen atoms in total. The Hall–Kier alpha value is -0.120. The van der Waals surface area contributed by atoms with Gasteiger partial charge in [-0.2, -0.15) is 0 Å². The maximum atomic E-state index is 5.68. The summed E-state index contributed by atoms with van der Waals surface area (Å²) in [6, 6.07) is 1.65. The topological polar surface area (TPSA) is 24.5 Å². The number of nitrogens with zero attached hydrogens (tertiary/aromatic N) is 1. The summed E-state index contributed by atoms with van der Waals surface area (Å²) in [5.74, 6) is 0.896. The van der Waals surface area contributed by atoms with E-state index in [2.05, 4.69) is 17.1 Å².